The zero-order valence-corrected chi connectivity index (χ0v) is 41.2. The first kappa shape index (κ1) is 42.2. The van der Waals surface area contributed by atoms with Gasteiger partial charge in [0.05, 0.1) is 45.6 Å². The van der Waals surface area contributed by atoms with Crippen LogP contribution >= 0.6 is 22.7 Å². The van der Waals surface area contributed by atoms with Crippen LogP contribution in [0.2, 0.25) is 0 Å². The highest BCUT2D eigenvalue weighted by Gasteiger charge is 2.33. The zero-order chi connectivity index (χ0) is 49.0. The van der Waals surface area contributed by atoms with Gasteiger partial charge in [-0.1, -0.05) is 170 Å². The van der Waals surface area contributed by atoms with Gasteiger partial charge in [0.2, 0.25) is 5.69 Å². The van der Waals surface area contributed by atoms with E-state index in [4.69, 9.17) is 0 Å². The largest absolute Gasteiger partial charge is 0.318 e. The molecule has 0 spiro atoms. The molecule has 0 saturated carbocycles. The van der Waals surface area contributed by atoms with Crippen LogP contribution in [0, 0.1) is 17.9 Å². The van der Waals surface area contributed by atoms with Gasteiger partial charge >= 0.3 is 0 Å². The van der Waals surface area contributed by atoms with Gasteiger partial charge in [0.1, 0.15) is 6.07 Å². The van der Waals surface area contributed by atoms with Gasteiger partial charge in [-0.15, -0.1) is 22.7 Å². The lowest BCUT2D eigenvalue weighted by atomic mass is 9.87. The van der Waals surface area contributed by atoms with E-state index in [2.05, 4.69) is 226 Å². The molecular formula is C68H38N4S2. The number of aromatic nitrogens is 2. The number of nitriles is 1. The molecule has 6 heteroatoms. The number of benzene rings is 11. The Balaban J connectivity index is 1.20. The molecule has 15 aromatic rings. The summed E-state index contributed by atoms with van der Waals surface area (Å²) < 4.78 is 9.57. The second-order valence-electron chi connectivity index (χ2n) is 18.9. The molecule has 15 rings (SSSR count). The average molecular weight is 975 g/mol. The van der Waals surface area contributed by atoms with Gasteiger partial charge in [0, 0.05) is 73.0 Å². The Labute approximate surface area is 433 Å². The van der Waals surface area contributed by atoms with Crippen LogP contribution in [-0.4, -0.2) is 9.13 Å². The molecule has 0 N–H and O–H groups in total. The molecule has 0 radical (unpaired) electrons. The molecule has 4 nitrogen and oxygen atoms in total. The minimum atomic E-state index is 0.403. The number of hydrogen-bond acceptors (Lipinski definition) is 3. The first-order valence-electron chi connectivity index (χ1n) is 24.7. The third kappa shape index (κ3) is 6.11. The minimum absolute atomic E-state index is 0.403. The van der Waals surface area contributed by atoms with Crippen molar-refractivity contribution in [1.29, 1.82) is 5.26 Å². The van der Waals surface area contributed by atoms with Crippen LogP contribution in [0.5, 0.6) is 0 Å². The number of rotatable bonds is 6. The second-order valence-corrected chi connectivity index (χ2v) is 21.0. The summed E-state index contributed by atoms with van der Waals surface area (Å²) in [4.78, 5) is 4.68. The third-order valence-electron chi connectivity index (χ3n) is 15.0. The van der Waals surface area contributed by atoms with E-state index in [9.17, 15) is 11.8 Å². The number of fused-ring (bicyclic) bond motifs is 14. The normalized spacial score (nSPS) is 11.8. The lowest BCUT2D eigenvalue weighted by molar-refractivity contribution is 1.13. The van der Waals surface area contributed by atoms with Gasteiger partial charge in [-0.2, -0.15) is 5.26 Å². The maximum atomic E-state index is 12.3. The number of para-hydroxylation sites is 2. The van der Waals surface area contributed by atoms with Gasteiger partial charge in [0.25, 0.3) is 0 Å². The summed E-state index contributed by atoms with van der Waals surface area (Å²) in [6.07, 6.45) is 0. The number of thiophene rings is 2. The van der Waals surface area contributed by atoms with Crippen LogP contribution < -0.4 is 0 Å². The zero-order valence-electron chi connectivity index (χ0n) is 39.5. The van der Waals surface area contributed by atoms with E-state index in [1.165, 1.54) is 40.3 Å². The fraction of sp³-hybridized carbons (Fsp3) is 0. The summed E-state index contributed by atoms with van der Waals surface area (Å²) in [5.74, 6) is 0. The molecule has 0 saturated heterocycles. The van der Waals surface area contributed by atoms with Gasteiger partial charge in [-0.05, 0) is 94.0 Å². The van der Waals surface area contributed by atoms with Crippen molar-refractivity contribution in [1.82, 2.24) is 9.13 Å². The van der Waals surface area contributed by atoms with Crippen molar-refractivity contribution in [2.75, 3.05) is 0 Å². The fourth-order valence-corrected chi connectivity index (χ4v) is 14.2. The Morgan fingerprint density at radius 3 is 1.27 bits per heavy atom. The predicted molar refractivity (Wildman–Crippen MR) is 314 cm³/mol. The van der Waals surface area contributed by atoms with E-state index in [0.717, 1.165) is 93.9 Å². The van der Waals surface area contributed by atoms with Gasteiger partial charge in [0.15, 0.2) is 0 Å². The van der Waals surface area contributed by atoms with Gasteiger partial charge < -0.3 is 9.13 Å². The number of nitrogens with zero attached hydrogens (tertiary/aromatic N) is 4. The molecule has 0 bridgehead atoms. The van der Waals surface area contributed by atoms with Crippen LogP contribution in [0.25, 0.3) is 145 Å². The standard InChI is InChI=1S/C68H38N4S2/c1-70-66-60(45-24-16-22-43(38-45)41-18-4-2-5-19-41)51(40-69)67(71-52-30-12-8-26-47(52)62-54(71)34-36-58-64(62)49-28-10-14-32-56(49)73-58)61(46-25-17-23-44(39-46)42-20-6-3-7-21-42)68(66)72-53-31-13-9-27-48(53)63-55(72)35-37-59-65(63)50-29-11-15-33-57(50)74-59/h2-39H. The number of hydrogen-bond donors (Lipinski definition) is 0. The van der Waals surface area contributed by atoms with Crippen molar-refractivity contribution >= 4 is 112 Å². The van der Waals surface area contributed by atoms with E-state index in [1.807, 2.05) is 46.9 Å². The highest BCUT2D eigenvalue weighted by Crippen LogP contribution is 2.54. The molecule has 4 aromatic heterocycles. The van der Waals surface area contributed by atoms with E-state index in [0.29, 0.717) is 16.8 Å². The SMILES string of the molecule is [C-]#[N+]c1c(-c2cccc(-c3ccccc3)c2)c(C#N)c(-n2c3ccccc3c3c4c(ccc32)sc2ccccc24)c(-c2cccc(-c3ccccc3)c2)c1-n1c2ccccc2c2c3c(ccc21)sc1ccccc13. The quantitative estimate of drug-likeness (QED) is 0.153. The smallest absolute Gasteiger partial charge is 0.220 e. The minimum Gasteiger partial charge on any atom is -0.318 e. The molecule has 11 aromatic carbocycles. The Morgan fingerprint density at radius 2 is 0.770 bits per heavy atom. The maximum Gasteiger partial charge on any atom is 0.220 e. The first-order valence-corrected chi connectivity index (χ1v) is 26.3. The van der Waals surface area contributed by atoms with E-state index >= 15 is 0 Å². The molecule has 342 valence electrons. The molecule has 0 aliphatic heterocycles. The molecule has 0 amide bonds. The summed E-state index contributed by atoms with van der Waals surface area (Å²) in [5, 5.41) is 21.6. The summed E-state index contributed by atoms with van der Waals surface area (Å²) in [6.45, 7) is 9.59. The molecule has 0 unspecified atom stereocenters. The van der Waals surface area contributed by atoms with Crippen molar-refractivity contribution in [2.24, 2.45) is 0 Å². The Bertz CT molecular complexity index is 4690. The molecular weight excluding hydrogens is 937 g/mol. The molecule has 4 heterocycles. The van der Waals surface area contributed by atoms with Crippen molar-refractivity contribution in [2.45, 2.75) is 0 Å². The molecule has 0 aliphatic rings. The van der Waals surface area contributed by atoms with Gasteiger partial charge in [-0.3, -0.25) is 0 Å². The van der Waals surface area contributed by atoms with Crippen molar-refractivity contribution < 1.29 is 0 Å². The van der Waals surface area contributed by atoms with Crippen molar-refractivity contribution in [3.63, 3.8) is 0 Å². The van der Waals surface area contributed by atoms with Crippen molar-refractivity contribution in [3.8, 4) is 62.0 Å². The highest BCUT2D eigenvalue weighted by atomic mass is 32.1. The highest BCUT2D eigenvalue weighted by molar-refractivity contribution is 7.26. The second kappa shape index (κ2) is 16.5. The summed E-state index contributed by atoms with van der Waals surface area (Å²) in [6, 6.07) is 84.4. The Morgan fingerprint density at radius 1 is 0.351 bits per heavy atom. The van der Waals surface area contributed by atoms with E-state index in [1.54, 1.807) is 0 Å². The molecule has 0 fully saturated rings. The topological polar surface area (TPSA) is 38.0 Å². The molecule has 0 atom stereocenters. The van der Waals surface area contributed by atoms with Crippen LogP contribution in [0.15, 0.2) is 231 Å². The monoisotopic (exact) mass is 974 g/mol. The van der Waals surface area contributed by atoms with Gasteiger partial charge in [-0.25, -0.2) is 4.85 Å². The molecule has 0 aliphatic carbocycles. The van der Waals surface area contributed by atoms with E-state index < -0.39 is 0 Å². The average Bonchev–Trinajstić information content (AvgIpc) is 4.24. The summed E-state index contributed by atoms with van der Waals surface area (Å²) >= 11 is 3.62. The Kier molecular flexibility index (Phi) is 9.40. The summed E-state index contributed by atoms with van der Waals surface area (Å²) in [5.41, 5.74) is 13.4. The van der Waals surface area contributed by atoms with E-state index in [-0.39, 0.29) is 0 Å². The fourth-order valence-electron chi connectivity index (χ4n) is 11.9. The predicted octanol–water partition coefficient (Wildman–Crippen LogP) is 19.7. The van der Waals surface area contributed by atoms with Crippen LogP contribution in [0.4, 0.5) is 5.69 Å². The lowest BCUT2D eigenvalue weighted by Crippen LogP contribution is -2.09. The van der Waals surface area contributed by atoms with Crippen molar-refractivity contribution in [3.05, 3.63) is 248 Å². The van der Waals surface area contributed by atoms with Crippen LogP contribution in [0.1, 0.15) is 5.56 Å². The lowest BCUT2D eigenvalue weighted by Gasteiger charge is -2.26. The first-order chi connectivity index (χ1) is 36.7. The maximum absolute atomic E-state index is 12.3. The molecule has 74 heavy (non-hydrogen) atoms. The third-order valence-corrected chi connectivity index (χ3v) is 17.2. The van der Waals surface area contributed by atoms with Crippen LogP contribution in [-0.2, 0) is 0 Å². The summed E-state index contributed by atoms with van der Waals surface area (Å²) in [7, 11) is 0. The van der Waals surface area contributed by atoms with Crippen LogP contribution in [0.3, 0.4) is 0 Å². The Hall–Kier alpha value is -9.56.